The molecule has 0 saturated carbocycles. The first-order valence-electron chi connectivity index (χ1n) is 21.6. The van der Waals surface area contributed by atoms with E-state index in [1.807, 2.05) is 178 Å². The van der Waals surface area contributed by atoms with Crippen molar-refractivity contribution in [3.63, 3.8) is 0 Å². The molecule has 3 aliphatic heterocycles. The molecule has 11 heteroatoms. The van der Waals surface area contributed by atoms with E-state index in [0.717, 1.165) is 44.1 Å². The van der Waals surface area contributed by atoms with Crippen LogP contribution in [0.4, 0.5) is 0 Å². The minimum absolute atomic E-state index is 0.0515. The first-order valence-corrected chi connectivity index (χ1v) is 21.6. The van der Waals surface area contributed by atoms with E-state index in [1.54, 1.807) is 24.3 Å². The maximum absolute atomic E-state index is 11.0. The summed E-state index contributed by atoms with van der Waals surface area (Å²) >= 11 is 0. The molecule has 5 heterocycles. The van der Waals surface area contributed by atoms with Crippen LogP contribution >= 0.6 is 0 Å². The minimum Gasteiger partial charge on any atom is -0.348 e. The van der Waals surface area contributed by atoms with Crippen LogP contribution < -0.4 is 27.1 Å². The molecule has 0 aliphatic carbocycles. The van der Waals surface area contributed by atoms with E-state index in [4.69, 9.17) is 0 Å². The van der Waals surface area contributed by atoms with E-state index < -0.39 is 0 Å². The van der Waals surface area contributed by atoms with Crippen molar-refractivity contribution in [2.45, 2.75) is 82.3 Å². The standard InChI is InChI=1S/2C9H7NO.C8H5NO2.2C8H7NO.5C2H6/c2*11-9-6-5-7-3-1-2-4-8(7)10-9;10-7-5-3-1-2-4-6(5)8(11)9-7;2*10-8-7-4-2-1-3-6(7)5-9-8;5*1-2/h2*1-6H,(H,10,11);1-4H,(H,9,10,11);2*1-4H,5H2,(H,9,10);5*1-2H3. The van der Waals surface area contributed by atoms with Gasteiger partial charge in [-0.1, -0.05) is 154 Å². The van der Waals surface area contributed by atoms with Gasteiger partial charge in [-0.2, -0.15) is 0 Å². The number of benzene rings is 5. The molecule has 4 amide bonds. The average molecular weight is 854 g/mol. The SMILES string of the molecule is CC.CC.CC.CC.CC.O=C1NC(=O)c2ccccc21.O=C1NCc2ccccc21.O=C1NCc2ccccc21.O=c1ccc2ccccc2[nH]1.O=c1ccc2ccccc2[nH]1. The van der Waals surface area contributed by atoms with Crippen molar-refractivity contribution in [3.05, 3.63) is 200 Å². The van der Waals surface area contributed by atoms with Crippen molar-refractivity contribution in [2.75, 3.05) is 0 Å². The Morgan fingerprint density at radius 1 is 0.317 bits per heavy atom. The summed E-state index contributed by atoms with van der Waals surface area (Å²) in [5.74, 6) is -0.498. The molecule has 0 bridgehead atoms. The van der Waals surface area contributed by atoms with Crippen molar-refractivity contribution in [1.29, 1.82) is 0 Å². The van der Waals surface area contributed by atoms with Gasteiger partial charge in [-0.15, -0.1) is 0 Å². The highest BCUT2D eigenvalue weighted by Gasteiger charge is 2.25. The number of rotatable bonds is 0. The van der Waals surface area contributed by atoms with Gasteiger partial charge in [-0.25, -0.2) is 0 Å². The number of fused-ring (bicyclic) bond motifs is 5. The molecular weight excluding hydrogens is 791 g/mol. The van der Waals surface area contributed by atoms with Crippen LogP contribution in [0.1, 0.15) is 122 Å². The molecule has 3 aliphatic rings. The molecule has 0 spiro atoms. The molecule has 10 rings (SSSR count). The highest BCUT2D eigenvalue weighted by molar-refractivity contribution is 6.21. The zero-order chi connectivity index (χ0) is 47.2. The molecule has 0 unspecified atom stereocenters. The summed E-state index contributed by atoms with van der Waals surface area (Å²) in [7, 11) is 0. The summed E-state index contributed by atoms with van der Waals surface area (Å²) in [6, 6.07) is 44.1. The third-order valence-corrected chi connectivity index (χ3v) is 8.31. The number of hydrogen-bond acceptors (Lipinski definition) is 6. The second-order valence-corrected chi connectivity index (χ2v) is 11.8. The number of pyridine rings is 2. The molecule has 7 aromatic rings. The predicted molar refractivity (Wildman–Crippen MR) is 259 cm³/mol. The molecule has 0 fully saturated rings. The van der Waals surface area contributed by atoms with E-state index in [2.05, 4.69) is 25.9 Å². The lowest BCUT2D eigenvalue weighted by Crippen LogP contribution is -2.19. The van der Waals surface area contributed by atoms with Crippen LogP contribution in [0.2, 0.25) is 0 Å². The van der Waals surface area contributed by atoms with Crippen molar-refractivity contribution in [2.24, 2.45) is 0 Å². The molecule has 5 aromatic carbocycles. The van der Waals surface area contributed by atoms with Gasteiger partial charge in [0.1, 0.15) is 0 Å². The highest BCUT2D eigenvalue weighted by atomic mass is 16.2. The summed E-state index contributed by atoms with van der Waals surface area (Å²) in [4.78, 5) is 70.9. The zero-order valence-electron chi connectivity index (χ0n) is 38.2. The number of carbonyl (C=O) groups is 4. The maximum Gasteiger partial charge on any atom is 0.258 e. The summed E-state index contributed by atoms with van der Waals surface area (Å²) in [5, 5.41) is 9.82. The Hall–Kier alpha value is -7.40. The molecule has 5 N–H and O–H groups in total. The second-order valence-electron chi connectivity index (χ2n) is 11.8. The molecule has 2 aromatic heterocycles. The third kappa shape index (κ3) is 16.5. The predicted octanol–water partition coefficient (Wildman–Crippen LogP) is 10.6. The van der Waals surface area contributed by atoms with Crippen LogP contribution in [0.15, 0.2) is 155 Å². The van der Waals surface area contributed by atoms with E-state index in [1.165, 1.54) is 12.1 Å². The summed E-state index contributed by atoms with van der Waals surface area (Å²) < 4.78 is 0. The maximum atomic E-state index is 11.0. The molecule has 11 nitrogen and oxygen atoms in total. The van der Waals surface area contributed by atoms with Crippen LogP contribution in [0.25, 0.3) is 21.8 Å². The Labute approximate surface area is 371 Å². The van der Waals surface area contributed by atoms with Gasteiger partial charge < -0.3 is 20.6 Å². The van der Waals surface area contributed by atoms with Crippen LogP contribution in [0.5, 0.6) is 0 Å². The summed E-state index contributed by atoms with van der Waals surface area (Å²) in [5.41, 5.74) is 6.47. The third-order valence-electron chi connectivity index (χ3n) is 8.31. The average Bonchev–Trinajstić information content (AvgIpc) is 4.03. The Kier molecular flexibility index (Phi) is 26.0. The highest BCUT2D eigenvalue weighted by Crippen LogP contribution is 2.15. The summed E-state index contributed by atoms with van der Waals surface area (Å²) in [6.07, 6.45) is 0. The Balaban J connectivity index is 0.000000375. The van der Waals surface area contributed by atoms with E-state index in [-0.39, 0.29) is 34.7 Å². The molecule has 0 radical (unpaired) electrons. The molecule has 0 atom stereocenters. The summed E-state index contributed by atoms with van der Waals surface area (Å²) in [6.45, 7) is 21.4. The number of H-pyrrole nitrogens is 2. The van der Waals surface area contributed by atoms with Crippen molar-refractivity contribution in [3.8, 4) is 0 Å². The monoisotopic (exact) mass is 853 g/mol. The largest absolute Gasteiger partial charge is 0.348 e. The molecule has 332 valence electrons. The number of amides is 4. The van der Waals surface area contributed by atoms with Crippen LogP contribution in [-0.2, 0) is 13.1 Å². The van der Waals surface area contributed by atoms with Gasteiger partial charge in [0, 0.05) is 47.4 Å². The van der Waals surface area contributed by atoms with E-state index >= 15 is 0 Å². The van der Waals surface area contributed by atoms with Crippen LogP contribution in [0.3, 0.4) is 0 Å². The normalized spacial score (nSPS) is 11.2. The number of nitrogens with one attached hydrogen (secondary N) is 5. The fourth-order valence-corrected chi connectivity index (χ4v) is 5.64. The van der Waals surface area contributed by atoms with E-state index in [0.29, 0.717) is 24.2 Å². The second kappa shape index (κ2) is 30.6. The molecule has 63 heavy (non-hydrogen) atoms. The van der Waals surface area contributed by atoms with Crippen molar-refractivity contribution < 1.29 is 19.2 Å². The first kappa shape index (κ1) is 53.6. The van der Waals surface area contributed by atoms with Crippen LogP contribution in [0, 0.1) is 0 Å². The molecule has 0 saturated heterocycles. The van der Waals surface area contributed by atoms with Crippen molar-refractivity contribution in [1.82, 2.24) is 25.9 Å². The smallest absolute Gasteiger partial charge is 0.258 e. The number of aromatic amines is 2. The number of aromatic nitrogens is 2. The number of hydrogen-bond donors (Lipinski definition) is 5. The Morgan fingerprint density at radius 3 is 0.968 bits per heavy atom. The quantitative estimate of drug-likeness (QED) is 0.0951. The minimum atomic E-state index is -0.300. The van der Waals surface area contributed by atoms with Gasteiger partial charge in [0.2, 0.25) is 11.1 Å². The van der Waals surface area contributed by atoms with Crippen molar-refractivity contribution >= 4 is 45.4 Å². The van der Waals surface area contributed by atoms with Gasteiger partial charge in [-0.3, -0.25) is 34.1 Å². The number of para-hydroxylation sites is 2. The lowest BCUT2D eigenvalue weighted by atomic mass is 10.1. The van der Waals surface area contributed by atoms with E-state index in [9.17, 15) is 28.8 Å². The topological polar surface area (TPSA) is 170 Å². The lowest BCUT2D eigenvalue weighted by Gasteiger charge is -1.93. The number of imide groups is 1. The fraction of sp³-hybridized carbons (Fsp3) is 0.231. The first-order chi connectivity index (χ1) is 30.8. The fourth-order valence-electron chi connectivity index (χ4n) is 5.64. The lowest BCUT2D eigenvalue weighted by molar-refractivity contribution is 0.0876. The Bertz CT molecular complexity index is 2420. The van der Waals surface area contributed by atoms with Gasteiger partial charge in [-0.05, 0) is 70.4 Å². The number of carbonyl (C=O) groups excluding carboxylic acids is 4. The van der Waals surface area contributed by atoms with Crippen LogP contribution in [-0.4, -0.2) is 33.6 Å². The Morgan fingerprint density at radius 2 is 0.619 bits per heavy atom. The van der Waals surface area contributed by atoms with Gasteiger partial charge >= 0.3 is 0 Å². The van der Waals surface area contributed by atoms with Gasteiger partial charge in [0.15, 0.2) is 0 Å². The molecular formula is C52H63N5O6. The van der Waals surface area contributed by atoms with Gasteiger partial charge in [0.25, 0.3) is 23.6 Å². The zero-order valence-corrected chi connectivity index (χ0v) is 38.2. The van der Waals surface area contributed by atoms with Gasteiger partial charge in [0.05, 0.1) is 11.1 Å².